The van der Waals surface area contributed by atoms with Gasteiger partial charge in [-0.05, 0) is 18.1 Å². The molecule has 0 fully saturated rings. The highest BCUT2D eigenvalue weighted by atomic mass is 16.6. The van der Waals surface area contributed by atoms with Gasteiger partial charge in [0.2, 0.25) is 0 Å². The first-order valence-electron chi connectivity index (χ1n) is 6.29. The van der Waals surface area contributed by atoms with Crippen molar-refractivity contribution in [2.75, 3.05) is 6.61 Å². The van der Waals surface area contributed by atoms with E-state index in [0.29, 0.717) is 31.4 Å². The molecule has 5 nitrogen and oxygen atoms in total. The molecule has 0 saturated carbocycles. The van der Waals surface area contributed by atoms with Crippen LogP contribution in [-0.4, -0.2) is 17.6 Å². The summed E-state index contributed by atoms with van der Waals surface area (Å²) in [4.78, 5) is 10.6. The molecule has 104 valence electrons. The lowest BCUT2D eigenvalue weighted by Gasteiger charge is -2.10. The number of hydrogen-bond donors (Lipinski definition) is 1. The molecule has 1 aromatic carbocycles. The molecule has 0 unspecified atom stereocenters. The summed E-state index contributed by atoms with van der Waals surface area (Å²) < 4.78 is 5.39. The second-order valence-corrected chi connectivity index (χ2v) is 4.52. The zero-order valence-corrected chi connectivity index (χ0v) is 11.4. The van der Waals surface area contributed by atoms with E-state index in [-0.39, 0.29) is 5.69 Å². The number of nitro groups is 1. The third kappa shape index (κ3) is 5.09. The summed E-state index contributed by atoms with van der Waals surface area (Å²) >= 11 is 0. The summed E-state index contributed by atoms with van der Waals surface area (Å²) in [5, 5.41) is 14.3. The fraction of sp³-hybridized carbons (Fsp3) is 0.429. The van der Waals surface area contributed by atoms with E-state index >= 15 is 0 Å². The van der Waals surface area contributed by atoms with Crippen molar-refractivity contribution in [3.63, 3.8) is 0 Å². The van der Waals surface area contributed by atoms with Gasteiger partial charge in [0.25, 0.3) is 0 Å². The number of benzene rings is 1. The summed E-state index contributed by atoms with van der Waals surface area (Å²) in [6, 6.07) is 5.38. The summed E-state index contributed by atoms with van der Waals surface area (Å²) in [5.74, 6) is 0.306. The van der Waals surface area contributed by atoms with Crippen LogP contribution in [0.25, 0.3) is 0 Å². The van der Waals surface area contributed by atoms with Crippen LogP contribution in [-0.2, 0) is 6.54 Å². The predicted octanol–water partition coefficient (Wildman–Crippen LogP) is 3.05. The number of nitrogens with one attached hydrogen (secondary N) is 1. The molecule has 0 aliphatic rings. The van der Waals surface area contributed by atoms with Crippen molar-refractivity contribution in [3.05, 3.63) is 46.5 Å². The van der Waals surface area contributed by atoms with Crippen LogP contribution < -0.4 is 10.1 Å². The number of rotatable bonds is 8. The van der Waals surface area contributed by atoms with E-state index in [4.69, 9.17) is 4.74 Å². The maximum atomic E-state index is 11.0. The van der Waals surface area contributed by atoms with Gasteiger partial charge >= 0.3 is 5.69 Å². The second kappa shape index (κ2) is 7.53. The first kappa shape index (κ1) is 15.2. The standard InChI is InChI=1S/C14H20N2O3/c1-4-5-8-19-14-7-6-12(10-15-11(2)3)9-13(14)16(17)18/h4,6-7,9,11,15H,1,5,8,10H2,2-3H3. The zero-order chi connectivity index (χ0) is 14.3. The highest BCUT2D eigenvalue weighted by molar-refractivity contribution is 5.48. The summed E-state index contributed by atoms with van der Waals surface area (Å²) in [5.41, 5.74) is 0.878. The first-order chi connectivity index (χ1) is 9.04. The average Bonchev–Trinajstić information content (AvgIpc) is 2.37. The Morgan fingerprint density at radius 1 is 1.53 bits per heavy atom. The molecule has 0 aliphatic carbocycles. The molecule has 0 bridgehead atoms. The van der Waals surface area contributed by atoms with Gasteiger partial charge in [0.15, 0.2) is 5.75 Å². The minimum absolute atomic E-state index is 0.00659. The van der Waals surface area contributed by atoms with Crippen LogP contribution in [0.4, 0.5) is 5.69 Å². The van der Waals surface area contributed by atoms with Crippen LogP contribution in [0.3, 0.4) is 0 Å². The minimum Gasteiger partial charge on any atom is -0.486 e. The van der Waals surface area contributed by atoms with Crippen molar-refractivity contribution in [2.24, 2.45) is 0 Å². The lowest BCUT2D eigenvalue weighted by atomic mass is 10.2. The highest BCUT2D eigenvalue weighted by Gasteiger charge is 2.15. The molecule has 1 rings (SSSR count). The third-order valence-corrected chi connectivity index (χ3v) is 2.51. The van der Waals surface area contributed by atoms with Gasteiger partial charge in [0.1, 0.15) is 0 Å². The van der Waals surface area contributed by atoms with Crippen LogP contribution >= 0.6 is 0 Å². The molecule has 0 amide bonds. The van der Waals surface area contributed by atoms with E-state index in [0.717, 1.165) is 5.56 Å². The highest BCUT2D eigenvalue weighted by Crippen LogP contribution is 2.28. The summed E-state index contributed by atoms with van der Waals surface area (Å²) in [7, 11) is 0. The minimum atomic E-state index is -0.415. The predicted molar refractivity (Wildman–Crippen MR) is 75.4 cm³/mol. The topological polar surface area (TPSA) is 64.4 Å². The van der Waals surface area contributed by atoms with E-state index in [1.54, 1.807) is 18.2 Å². The number of ether oxygens (including phenoxy) is 1. The van der Waals surface area contributed by atoms with Gasteiger partial charge in [0, 0.05) is 18.7 Å². The third-order valence-electron chi connectivity index (χ3n) is 2.51. The molecule has 0 heterocycles. The van der Waals surface area contributed by atoms with Crippen LogP contribution in [0.5, 0.6) is 5.75 Å². The lowest BCUT2D eigenvalue weighted by Crippen LogP contribution is -2.21. The Morgan fingerprint density at radius 3 is 2.84 bits per heavy atom. The van der Waals surface area contributed by atoms with Crippen molar-refractivity contribution in [1.29, 1.82) is 0 Å². The van der Waals surface area contributed by atoms with Gasteiger partial charge in [0.05, 0.1) is 11.5 Å². The van der Waals surface area contributed by atoms with Crippen LogP contribution in [0.1, 0.15) is 25.8 Å². The zero-order valence-electron chi connectivity index (χ0n) is 11.4. The number of nitrogens with zero attached hydrogens (tertiary/aromatic N) is 1. The molecule has 0 aromatic heterocycles. The molecule has 0 radical (unpaired) electrons. The summed E-state index contributed by atoms with van der Waals surface area (Å²) in [6.07, 6.45) is 2.38. The van der Waals surface area contributed by atoms with E-state index in [2.05, 4.69) is 11.9 Å². The Hall–Kier alpha value is -1.88. The Kier molecular flexibility index (Phi) is 6.02. The molecule has 5 heteroatoms. The summed E-state index contributed by atoms with van der Waals surface area (Å²) in [6.45, 7) is 8.64. The van der Waals surface area contributed by atoms with E-state index < -0.39 is 4.92 Å². The van der Waals surface area contributed by atoms with Gasteiger partial charge in [-0.15, -0.1) is 6.58 Å². The molecular formula is C14H20N2O3. The monoisotopic (exact) mass is 264 g/mol. The van der Waals surface area contributed by atoms with Crippen molar-refractivity contribution in [3.8, 4) is 5.75 Å². The Balaban J connectivity index is 2.81. The van der Waals surface area contributed by atoms with Crippen molar-refractivity contribution >= 4 is 5.69 Å². The van der Waals surface area contributed by atoms with E-state index in [1.165, 1.54) is 0 Å². The van der Waals surface area contributed by atoms with Crippen molar-refractivity contribution in [2.45, 2.75) is 32.9 Å². The quantitative estimate of drug-likeness (QED) is 0.339. The van der Waals surface area contributed by atoms with Crippen LogP contribution in [0.15, 0.2) is 30.9 Å². The smallest absolute Gasteiger partial charge is 0.311 e. The van der Waals surface area contributed by atoms with Gasteiger partial charge in [-0.3, -0.25) is 10.1 Å². The van der Waals surface area contributed by atoms with Gasteiger partial charge in [-0.25, -0.2) is 0 Å². The lowest BCUT2D eigenvalue weighted by molar-refractivity contribution is -0.385. The SMILES string of the molecule is C=CCCOc1ccc(CNC(C)C)cc1[N+](=O)[O-]. The maximum Gasteiger partial charge on any atom is 0.311 e. The molecule has 0 spiro atoms. The fourth-order valence-corrected chi connectivity index (χ4v) is 1.51. The van der Waals surface area contributed by atoms with Crippen molar-refractivity contribution < 1.29 is 9.66 Å². The average molecular weight is 264 g/mol. The molecular weight excluding hydrogens is 244 g/mol. The largest absolute Gasteiger partial charge is 0.486 e. The normalized spacial score (nSPS) is 10.5. The number of hydrogen-bond acceptors (Lipinski definition) is 4. The van der Waals surface area contributed by atoms with Gasteiger partial charge < -0.3 is 10.1 Å². The Labute approximate surface area is 113 Å². The molecule has 0 saturated heterocycles. The fourth-order valence-electron chi connectivity index (χ4n) is 1.51. The second-order valence-electron chi connectivity index (χ2n) is 4.52. The van der Waals surface area contributed by atoms with Gasteiger partial charge in [-0.2, -0.15) is 0 Å². The molecule has 19 heavy (non-hydrogen) atoms. The first-order valence-corrected chi connectivity index (χ1v) is 6.29. The Bertz CT molecular complexity index is 444. The van der Waals surface area contributed by atoms with E-state index in [1.807, 2.05) is 19.9 Å². The molecule has 0 atom stereocenters. The van der Waals surface area contributed by atoms with E-state index in [9.17, 15) is 10.1 Å². The van der Waals surface area contributed by atoms with Crippen molar-refractivity contribution in [1.82, 2.24) is 5.32 Å². The maximum absolute atomic E-state index is 11.0. The van der Waals surface area contributed by atoms with Crippen LogP contribution in [0, 0.1) is 10.1 Å². The molecule has 0 aliphatic heterocycles. The Morgan fingerprint density at radius 2 is 2.26 bits per heavy atom. The molecule has 1 aromatic rings. The van der Waals surface area contributed by atoms with Crippen LogP contribution in [0.2, 0.25) is 0 Å². The molecule has 1 N–H and O–H groups in total. The van der Waals surface area contributed by atoms with Gasteiger partial charge in [-0.1, -0.05) is 26.0 Å². The number of nitro benzene ring substituents is 1.